The molecule has 1 radical (unpaired) electrons. The zero-order valence-corrected chi connectivity index (χ0v) is 20.3. The second-order valence-corrected chi connectivity index (χ2v) is 6.99. The van der Waals surface area contributed by atoms with Gasteiger partial charge < -0.3 is 34.8 Å². The number of nitrogens with zero attached hydrogens (tertiary/aromatic N) is 1. The molecule has 1 aliphatic rings. The van der Waals surface area contributed by atoms with E-state index in [0.717, 1.165) is 12.1 Å². The van der Waals surface area contributed by atoms with Gasteiger partial charge in [0.1, 0.15) is 0 Å². The topological polar surface area (TPSA) is 23.5 Å². The van der Waals surface area contributed by atoms with Crippen molar-refractivity contribution in [2.75, 3.05) is 20.6 Å². The van der Waals surface area contributed by atoms with Crippen LogP contribution in [0.1, 0.15) is 17.0 Å². The Kier molecular flexibility index (Phi) is 13.9. The molecule has 0 saturated carbocycles. The van der Waals surface area contributed by atoms with E-state index in [1.54, 1.807) is 0 Å². The van der Waals surface area contributed by atoms with Crippen LogP contribution in [-0.2, 0) is 28.3 Å². The van der Waals surface area contributed by atoms with Gasteiger partial charge in [-0.05, 0) is 25.2 Å². The van der Waals surface area contributed by atoms with Crippen molar-refractivity contribution in [3.05, 3.63) is 108 Å². The first-order valence-corrected chi connectivity index (χ1v) is 9.25. The molecule has 4 rings (SSSR count). The van der Waals surface area contributed by atoms with Crippen molar-refractivity contribution < 1.29 is 51.6 Å². The van der Waals surface area contributed by atoms with Gasteiger partial charge in [0.2, 0.25) is 0 Å². The van der Waals surface area contributed by atoms with Crippen LogP contribution in [0, 0.1) is 6.07 Å². The van der Waals surface area contributed by atoms with Crippen LogP contribution in [-0.4, -0.2) is 30.6 Å². The monoisotopic (exact) mass is 474 g/mol. The van der Waals surface area contributed by atoms with E-state index in [9.17, 15) is 0 Å². The minimum atomic E-state index is 0. The molecule has 2 nitrogen and oxygen atoms in total. The zero-order valence-electron chi connectivity index (χ0n) is 17.2. The molecule has 3 aromatic carbocycles. The van der Waals surface area contributed by atoms with Gasteiger partial charge in [0.15, 0.2) is 0 Å². The molecule has 1 atom stereocenters. The molecule has 0 saturated heterocycles. The van der Waals surface area contributed by atoms with Crippen molar-refractivity contribution in [3.8, 4) is 0 Å². The Bertz CT molecular complexity index is 942. The second-order valence-electron chi connectivity index (χ2n) is 6.99. The third-order valence-electron chi connectivity index (χ3n) is 4.55. The summed E-state index contributed by atoms with van der Waals surface area (Å²) in [5.41, 5.74) is 3.67. The van der Waals surface area contributed by atoms with Crippen molar-refractivity contribution in [2.24, 2.45) is 0 Å². The Labute approximate surface area is 207 Å². The van der Waals surface area contributed by atoms with Crippen LogP contribution >= 0.6 is 0 Å². The van der Waals surface area contributed by atoms with Crippen molar-refractivity contribution in [3.63, 3.8) is 0 Å². The summed E-state index contributed by atoms with van der Waals surface area (Å²) in [5, 5.41) is 11.0. The van der Waals surface area contributed by atoms with E-state index in [-0.39, 0.29) is 53.1 Å². The van der Waals surface area contributed by atoms with E-state index >= 15 is 0 Å². The van der Waals surface area contributed by atoms with Gasteiger partial charge in [-0.25, -0.2) is 0 Å². The van der Waals surface area contributed by atoms with Gasteiger partial charge in [-0.15, -0.1) is 46.7 Å². The van der Waals surface area contributed by atoms with Crippen molar-refractivity contribution >= 4 is 10.8 Å². The number of allylic oxidation sites excluding steroid dienone is 3. The van der Waals surface area contributed by atoms with Gasteiger partial charge in [-0.3, -0.25) is 0 Å². The molecule has 1 aliphatic carbocycles. The number of hydrogen-bond donors (Lipinski definition) is 1. The third-order valence-corrected chi connectivity index (χ3v) is 4.55. The number of fused-ring (bicyclic) bond motifs is 1. The molecule has 0 spiro atoms. The second kappa shape index (κ2) is 14.6. The van der Waals surface area contributed by atoms with Crippen LogP contribution in [0.25, 0.3) is 10.8 Å². The number of rotatable bonds is 4. The maximum absolute atomic E-state index is 8.54. The molecular formula is C25H26Cl2NOTi. The smallest absolute Gasteiger partial charge is 1.00 e. The molecule has 155 valence electrons. The van der Waals surface area contributed by atoms with Gasteiger partial charge in [-0.1, -0.05) is 60.7 Å². The molecular weight excluding hydrogens is 449 g/mol. The molecule has 1 unspecified atom stereocenters. The molecule has 0 aliphatic heterocycles. The molecule has 3 aromatic rings. The summed E-state index contributed by atoms with van der Waals surface area (Å²) in [4.78, 5) is 2.22. The molecule has 0 amide bonds. The maximum Gasteiger partial charge on any atom is 3.00 e. The molecule has 1 N–H and O–H groups in total. The number of likely N-dealkylation sites (N-methyl/N-ethyl adjacent to an activating group) is 1. The predicted octanol–water partition coefficient (Wildman–Crippen LogP) is -1.03. The largest absolute Gasteiger partial charge is 3.00 e. The number of hydrogen-bond acceptors (Lipinski definition) is 2. The van der Waals surface area contributed by atoms with E-state index in [4.69, 9.17) is 5.11 Å². The molecule has 0 fully saturated rings. The van der Waals surface area contributed by atoms with Crippen molar-refractivity contribution in [1.82, 2.24) is 4.90 Å². The Hall–Kier alpha value is -1.39. The van der Waals surface area contributed by atoms with Crippen molar-refractivity contribution in [1.29, 1.82) is 0 Å². The minimum Gasteiger partial charge on any atom is -1.00 e. The van der Waals surface area contributed by atoms with Gasteiger partial charge in [0.25, 0.3) is 0 Å². The average Bonchev–Trinajstić information content (AvgIpc) is 3.16. The predicted molar refractivity (Wildman–Crippen MR) is 114 cm³/mol. The molecule has 5 heteroatoms. The first-order chi connectivity index (χ1) is 13.2. The van der Waals surface area contributed by atoms with Crippen molar-refractivity contribution in [2.45, 2.75) is 12.5 Å². The van der Waals surface area contributed by atoms with E-state index in [1.165, 1.54) is 21.9 Å². The molecule has 30 heavy (non-hydrogen) atoms. The van der Waals surface area contributed by atoms with Crippen LogP contribution in [0.4, 0.5) is 0 Å². The summed E-state index contributed by atoms with van der Waals surface area (Å²) in [6.07, 6.45) is 6.65. The fourth-order valence-electron chi connectivity index (χ4n) is 3.23. The van der Waals surface area contributed by atoms with Gasteiger partial charge >= 0.3 is 21.7 Å². The van der Waals surface area contributed by atoms with Crippen LogP contribution in [0.5, 0.6) is 0 Å². The quantitative estimate of drug-likeness (QED) is 0.386. The first-order valence-electron chi connectivity index (χ1n) is 9.25. The maximum atomic E-state index is 8.54. The SMILES string of the molecule is CN(C)CC1=CC=CC1c1[c-]c2ccccc2cc1.OCc1ccccc1.[Cl-].[Cl-].[Ti+3]. The zero-order chi connectivity index (χ0) is 19.1. The van der Waals surface area contributed by atoms with E-state index < -0.39 is 0 Å². The summed E-state index contributed by atoms with van der Waals surface area (Å²) >= 11 is 0. The summed E-state index contributed by atoms with van der Waals surface area (Å²) in [6.45, 7) is 1.14. The molecule has 0 bridgehead atoms. The fraction of sp³-hybridized carbons (Fsp3) is 0.200. The van der Waals surface area contributed by atoms with Crippen LogP contribution in [0.15, 0.2) is 90.5 Å². The van der Waals surface area contributed by atoms with Crippen LogP contribution in [0.3, 0.4) is 0 Å². The molecule has 0 aromatic heterocycles. The summed E-state index contributed by atoms with van der Waals surface area (Å²) in [5.74, 6) is 0.381. The van der Waals surface area contributed by atoms with E-state index in [0.29, 0.717) is 5.92 Å². The van der Waals surface area contributed by atoms with Crippen LogP contribution < -0.4 is 24.8 Å². The summed E-state index contributed by atoms with van der Waals surface area (Å²) < 4.78 is 0. The minimum absolute atomic E-state index is 0. The average molecular weight is 475 g/mol. The Morgan fingerprint density at radius 1 is 0.900 bits per heavy atom. The molecule has 0 heterocycles. The normalized spacial score (nSPS) is 14.0. The van der Waals surface area contributed by atoms with E-state index in [1.807, 2.05) is 30.3 Å². The Morgan fingerprint density at radius 2 is 1.57 bits per heavy atom. The standard InChI is InChI=1S/C18H18N.C7H8O.2ClH.Ti/c1-19(2)13-17-8-5-9-18(17)16-11-10-14-6-3-4-7-15(14)12-16;8-6-7-4-2-1-3-5-7;;;/h3-11,18H,13H2,1-2H3;1-5,8H,6H2;2*1H;/q-1;;;;+3/p-2. The fourth-order valence-corrected chi connectivity index (χ4v) is 3.23. The first kappa shape index (κ1) is 28.6. The number of aliphatic hydroxyl groups excluding tert-OH is 1. The number of halogens is 2. The van der Waals surface area contributed by atoms with Crippen LogP contribution in [0.2, 0.25) is 0 Å². The van der Waals surface area contributed by atoms with Gasteiger partial charge in [0.05, 0.1) is 6.61 Å². The third kappa shape index (κ3) is 8.04. The summed E-state index contributed by atoms with van der Waals surface area (Å²) in [7, 11) is 4.22. The van der Waals surface area contributed by atoms with Gasteiger partial charge in [0, 0.05) is 12.5 Å². The summed E-state index contributed by atoms with van der Waals surface area (Å²) in [6, 6.07) is 25.9. The Balaban J connectivity index is 0.000000659. The van der Waals surface area contributed by atoms with Gasteiger partial charge in [-0.2, -0.15) is 0 Å². The van der Waals surface area contributed by atoms with E-state index in [2.05, 4.69) is 79.7 Å². The number of aliphatic hydroxyl groups is 1. The Morgan fingerprint density at radius 3 is 2.20 bits per heavy atom. The number of benzene rings is 3.